The molecule has 86 valence electrons. The van der Waals surface area contributed by atoms with E-state index in [9.17, 15) is 9.50 Å². The second-order valence-electron chi connectivity index (χ2n) is 3.48. The van der Waals surface area contributed by atoms with Crippen molar-refractivity contribution in [3.63, 3.8) is 0 Å². The zero-order valence-electron chi connectivity index (χ0n) is 8.75. The Balaban J connectivity index is 2.27. The summed E-state index contributed by atoms with van der Waals surface area (Å²) in [6.07, 6.45) is 0. The van der Waals surface area contributed by atoms with E-state index < -0.39 is 5.82 Å². The van der Waals surface area contributed by atoms with Crippen LogP contribution in [0.4, 0.5) is 4.39 Å². The Morgan fingerprint density at radius 3 is 2.88 bits per heavy atom. The lowest BCUT2D eigenvalue weighted by Crippen LogP contribution is -1.90. The zero-order valence-corrected chi connectivity index (χ0v) is 9.57. The predicted octanol–water partition coefficient (Wildman–Crippen LogP) is 2.01. The monoisotopic (exact) mass is 250 g/mol. The van der Waals surface area contributed by atoms with Crippen molar-refractivity contribution in [2.24, 2.45) is 0 Å². The molecule has 1 aromatic carbocycles. The molecule has 0 bridgehead atoms. The van der Waals surface area contributed by atoms with Gasteiger partial charge in [0.1, 0.15) is 11.6 Å². The van der Waals surface area contributed by atoms with Gasteiger partial charge in [-0.15, -0.1) is 10.2 Å². The molecular weight excluding hydrogens is 243 g/mol. The molecule has 0 fully saturated rings. The lowest BCUT2D eigenvalue weighted by molar-refractivity contribution is 0.472. The van der Waals surface area contributed by atoms with Gasteiger partial charge in [-0.2, -0.15) is 9.61 Å². The van der Waals surface area contributed by atoms with E-state index in [-0.39, 0.29) is 11.3 Å². The van der Waals surface area contributed by atoms with Gasteiger partial charge in [-0.25, -0.2) is 4.39 Å². The summed E-state index contributed by atoms with van der Waals surface area (Å²) >= 11 is 1.18. The molecule has 3 rings (SSSR count). The van der Waals surface area contributed by atoms with Crippen molar-refractivity contribution in [2.75, 3.05) is 0 Å². The molecular formula is C10H7FN4OS. The van der Waals surface area contributed by atoms with E-state index in [4.69, 9.17) is 0 Å². The standard InChI is InChI=1S/C10H7FN4OS/c1-5-12-13-10-15(5)14-9(17-10)8-6(11)3-2-4-7(8)16/h2-4,16H,1H3. The van der Waals surface area contributed by atoms with Gasteiger partial charge in [0, 0.05) is 0 Å². The molecule has 17 heavy (non-hydrogen) atoms. The molecule has 3 aromatic rings. The van der Waals surface area contributed by atoms with Crippen LogP contribution in [-0.4, -0.2) is 24.9 Å². The largest absolute Gasteiger partial charge is 0.507 e. The number of nitrogens with zero attached hydrogens (tertiary/aromatic N) is 4. The summed E-state index contributed by atoms with van der Waals surface area (Å²) in [5.41, 5.74) is 0.0994. The quantitative estimate of drug-likeness (QED) is 0.717. The van der Waals surface area contributed by atoms with Crippen molar-refractivity contribution >= 4 is 16.3 Å². The molecule has 0 amide bonds. The molecule has 0 saturated carbocycles. The van der Waals surface area contributed by atoms with Gasteiger partial charge in [0.25, 0.3) is 0 Å². The predicted molar refractivity (Wildman–Crippen MR) is 60.5 cm³/mol. The summed E-state index contributed by atoms with van der Waals surface area (Å²) < 4.78 is 15.2. The summed E-state index contributed by atoms with van der Waals surface area (Å²) in [7, 11) is 0. The first-order valence-corrected chi connectivity index (χ1v) is 5.65. The molecule has 0 radical (unpaired) electrons. The molecule has 0 aliphatic rings. The van der Waals surface area contributed by atoms with Crippen LogP contribution in [0.3, 0.4) is 0 Å². The van der Waals surface area contributed by atoms with Gasteiger partial charge in [-0.1, -0.05) is 17.4 Å². The fourth-order valence-electron chi connectivity index (χ4n) is 1.54. The number of aromatic nitrogens is 4. The maximum atomic E-state index is 13.6. The van der Waals surface area contributed by atoms with Crippen LogP contribution in [0.2, 0.25) is 0 Å². The topological polar surface area (TPSA) is 63.3 Å². The number of benzene rings is 1. The van der Waals surface area contributed by atoms with Crippen LogP contribution in [0.15, 0.2) is 18.2 Å². The van der Waals surface area contributed by atoms with Crippen LogP contribution >= 0.6 is 11.3 Å². The number of phenolic OH excluding ortho intramolecular Hbond substituents is 1. The Hall–Kier alpha value is -2.02. The van der Waals surface area contributed by atoms with Crippen LogP contribution in [0.25, 0.3) is 15.5 Å². The molecule has 0 atom stereocenters. The van der Waals surface area contributed by atoms with Crippen molar-refractivity contribution in [1.82, 2.24) is 19.8 Å². The Kier molecular flexibility index (Phi) is 2.08. The SMILES string of the molecule is Cc1nnc2sc(-c3c(O)cccc3F)nn12. The van der Waals surface area contributed by atoms with E-state index in [1.54, 1.807) is 6.92 Å². The Morgan fingerprint density at radius 2 is 2.18 bits per heavy atom. The molecule has 2 aromatic heterocycles. The van der Waals surface area contributed by atoms with E-state index in [2.05, 4.69) is 15.3 Å². The van der Waals surface area contributed by atoms with Gasteiger partial charge in [0.15, 0.2) is 10.8 Å². The van der Waals surface area contributed by atoms with Gasteiger partial charge >= 0.3 is 0 Å². The van der Waals surface area contributed by atoms with Gasteiger partial charge in [-0.05, 0) is 19.1 Å². The van der Waals surface area contributed by atoms with E-state index >= 15 is 0 Å². The van der Waals surface area contributed by atoms with E-state index in [0.29, 0.717) is 15.8 Å². The number of aromatic hydroxyl groups is 1. The summed E-state index contributed by atoms with van der Waals surface area (Å²) in [6.45, 7) is 1.75. The fourth-order valence-corrected chi connectivity index (χ4v) is 2.48. The van der Waals surface area contributed by atoms with Gasteiger partial charge in [-0.3, -0.25) is 0 Å². The number of fused-ring (bicyclic) bond motifs is 1. The number of halogens is 1. The molecule has 0 spiro atoms. The highest BCUT2D eigenvalue weighted by molar-refractivity contribution is 7.19. The number of hydrogen-bond donors (Lipinski definition) is 1. The van der Waals surface area contributed by atoms with Crippen LogP contribution in [0, 0.1) is 12.7 Å². The van der Waals surface area contributed by atoms with Crippen molar-refractivity contribution in [3.05, 3.63) is 29.8 Å². The van der Waals surface area contributed by atoms with Crippen LogP contribution in [0.1, 0.15) is 5.82 Å². The molecule has 0 saturated heterocycles. The highest BCUT2D eigenvalue weighted by atomic mass is 32.1. The van der Waals surface area contributed by atoms with Crippen LogP contribution < -0.4 is 0 Å². The smallest absolute Gasteiger partial charge is 0.234 e. The molecule has 0 unspecified atom stereocenters. The van der Waals surface area contributed by atoms with Crippen LogP contribution in [-0.2, 0) is 0 Å². The highest BCUT2D eigenvalue weighted by Gasteiger charge is 2.16. The third-order valence-electron chi connectivity index (χ3n) is 2.35. The molecule has 1 N–H and O–H groups in total. The first kappa shape index (κ1) is 10.2. The van der Waals surface area contributed by atoms with Gasteiger partial charge < -0.3 is 5.11 Å². The Bertz CT molecular complexity index is 685. The van der Waals surface area contributed by atoms with Gasteiger partial charge in [0.05, 0.1) is 5.56 Å². The average molecular weight is 250 g/mol. The van der Waals surface area contributed by atoms with E-state index in [1.165, 1.54) is 34.1 Å². The lowest BCUT2D eigenvalue weighted by atomic mass is 10.2. The summed E-state index contributed by atoms with van der Waals surface area (Å²) in [5.74, 6) is -0.0152. The molecule has 7 heteroatoms. The summed E-state index contributed by atoms with van der Waals surface area (Å²) in [6, 6.07) is 4.15. The molecule has 2 heterocycles. The summed E-state index contributed by atoms with van der Waals surface area (Å²) in [4.78, 5) is 0.570. The van der Waals surface area contributed by atoms with E-state index in [0.717, 1.165) is 0 Å². The minimum absolute atomic E-state index is 0.0994. The van der Waals surface area contributed by atoms with Crippen molar-refractivity contribution < 1.29 is 9.50 Å². The van der Waals surface area contributed by atoms with Crippen LogP contribution in [0.5, 0.6) is 5.75 Å². The minimum Gasteiger partial charge on any atom is -0.507 e. The first-order chi connectivity index (χ1) is 8.16. The number of aryl methyl sites for hydroxylation is 1. The number of phenols is 1. The third-order valence-corrected chi connectivity index (χ3v) is 3.27. The van der Waals surface area contributed by atoms with Crippen molar-refractivity contribution in [3.8, 4) is 16.3 Å². The zero-order chi connectivity index (χ0) is 12.0. The summed E-state index contributed by atoms with van der Waals surface area (Å²) in [5, 5.41) is 21.9. The van der Waals surface area contributed by atoms with Gasteiger partial charge in [0.2, 0.25) is 4.96 Å². The number of rotatable bonds is 1. The molecule has 5 nitrogen and oxygen atoms in total. The third kappa shape index (κ3) is 1.47. The highest BCUT2D eigenvalue weighted by Crippen LogP contribution is 2.34. The Labute approximate surface area is 99.2 Å². The Morgan fingerprint density at radius 1 is 1.35 bits per heavy atom. The van der Waals surface area contributed by atoms with Crippen molar-refractivity contribution in [2.45, 2.75) is 6.92 Å². The normalized spacial score (nSPS) is 11.2. The maximum absolute atomic E-state index is 13.6. The lowest BCUT2D eigenvalue weighted by Gasteiger charge is -2.00. The van der Waals surface area contributed by atoms with Crippen molar-refractivity contribution in [1.29, 1.82) is 0 Å². The second-order valence-corrected chi connectivity index (χ2v) is 4.44. The van der Waals surface area contributed by atoms with E-state index in [1.807, 2.05) is 0 Å². The fraction of sp³-hybridized carbons (Fsp3) is 0.100. The molecule has 0 aliphatic heterocycles. The second kappa shape index (κ2) is 3.49. The number of hydrogen-bond acceptors (Lipinski definition) is 5. The minimum atomic E-state index is -0.507. The first-order valence-electron chi connectivity index (χ1n) is 4.83. The maximum Gasteiger partial charge on any atom is 0.234 e. The molecule has 0 aliphatic carbocycles. The average Bonchev–Trinajstić information content (AvgIpc) is 2.82.